The molecule has 3 aromatic rings. The number of nitrogens with one attached hydrogen (secondary N) is 1. The van der Waals surface area contributed by atoms with E-state index in [1.807, 2.05) is 6.07 Å². The highest BCUT2D eigenvalue weighted by Gasteiger charge is 2.08. The number of aromatic amines is 1. The van der Waals surface area contributed by atoms with Gasteiger partial charge < -0.3 is 10.7 Å². The molecule has 0 spiro atoms. The zero-order valence-corrected chi connectivity index (χ0v) is 11.4. The molecular formula is C16H17ClN2. The fourth-order valence-corrected chi connectivity index (χ4v) is 2.47. The third kappa shape index (κ3) is 2.50. The van der Waals surface area contributed by atoms with Crippen LogP contribution in [-0.4, -0.2) is 11.5 Å². The monoisotopic (exact) mass is 272 g/mol. The summed E-state index contributed by atoms with van der Waals surface area (Å²) >= 11 is 0. The van der Waals surface area contributed by atoms with E-state index >= 15 is 0 Å². The van der Waals surface area contributed by atoms with Crippen molar-refractivity contribution >= 4 is 23.3 Å². The van der Waals surface area contributed by atoms with Crippen molar-refractivity contribution in [3.05, 3.63) is 60.3 Å². The number of benzene rings is 2. The third-order valence-electron chi connectivity index (χ3n) is 3.29. The normalized spacial score (nSPS) is 10.4. The summed E-state index contributed by atoms with van der Waals surface area (Å²) in [5, 5.41) is 1.30. The van der Waals surface area contributed by atoms with Gasteiger partial charge in [0, 0.05) is 17.1 Å². The lowest BCUT2D eigenvalue weighted by atomic mass is 9.98. The van der Waals surface area contributed by atoms with Crippen LogP contribution < -0.4 is 5.73 Å². The highest BCUT2D eigenvalue weighted by atomic mass is 35.5. The summed E-state index contributed by atoms with van der Waals surface area (Å²) in [7, 11) is 0. The Labute approximate surface area is 119 Å². The lowest BCUT2D eigenvalue weighted by molar-refractivity contribution is 0.976. The minimum Gasteiger partial charge on any atom is -0.361 e. The number of hydrogen-bond donors (Lipinski definition) is 2. The van der Waals surface area contributed by atoms with E-state index in [-0.39, 0.29) is 12.4 Å². The van der Waals surface area contributed by atoms with Crippen molar-refractivity contribution in [2.45, 2.75) is 6.42 Å². The Balaban J connectivity index is 0.00000133. The van der Waals surface area contributed by atoms with E-state index < -0.39 is 0 Å². The van der Waals surface area contributed by atoms with Crippen molar-refractivity contribution in [3.8, 4) is 11.1 Å². The topological polar surface area (TPSA) is 41.8 Å². The van der Waals surface area contributed by atoms with Crippen LogP contribution in [0.1, 0.15) is 5.56 Å². The van der Waals surface area contributed by atoms with Crippen molar-refractivity contribution in [3.63, 3.8) is 0 Å². The smallest absolute Gasteiger partial charge is 0.0463 e. The molecule has 2 aromatic carbocycles. The summed E-state index contributed by atoms with van der Waals surface area (Å²) in [5.41, 5.74) is 10.7. The molecular weight excluding hydrogens is 256 g/mol. The molecule has 0 radical (unpaired) electrons. The number of fused-ring (bicyclic) bond motifs is 1. The Kier molecular flexibility index (Phi) is 4.25. The molecule has 0 aliphatic rings. The molecule has 0 aliphatic carbocycles. The highest BCUT2D eigenvalue weighted by molar-refractivity contribution is 5.97. The van der Waals surface area contributed by atoms with Gasteiger partial charge in [-0.15, -0.1) is 12.4 Å². The van der Waals surface area contributed by atoms with E-state index in [0.29, 0.717) is 6.54 Å². The van der Waals surface area contributed by atoms with Crippen LogP contribution in [0.5, 0.6) is 0 Å². The molecule has 0 saturated heterocycles. The first-order chi connectivity index (χ1) is 8.90. The van der Waals surface area contributed by atoms with Gasteiger partial charge in [-0.2, -0.15) is 0 Å². The van der Waals surface area contributed by atoms with E-state index in [9.17, 15) is 0 Å². The van der Waals surface area contributed by atoms with Gasteiger partial charge in [0.15, 0.2) is 0 Å². The van der Waals surface area contributed by atoms with Crippen LogP contribution in [0.15, 0.2) is 54.7 Å². The first-order valence-corrected chi connectivity index (χ1v) is 6.24. The summed E-state index contributed by atoms with van der Waals surface area (Å²) < 4.78 is 0. The van der Waals surface area contributed by atoms with Crippen LogP contribution in [0, 0.1) is 0 Å². The molecule has 3 rings (SSSR count). The second kappa shape index (κ2) is 5.91. The van der Waals surface area contributed by atoms with Crippen LogP contribution in [0.2, 0.25) is 0 Å². The second-order valence-electron chi connectivity index (χ2n) is 4.45. The average Bonchev–Trinajstić information content (AvgIpc) is 2.84. The molecule has 0 saturated carbocycles. The maximum atomic E-state index is 5.69. The van der Waals surface area contributed by atoms with Gasteiger partial charge in [-0.25, -0.2) is 0 Å². The molecule has 1 heterocycles. The molecule has 19 heavy (non-hydrogen) atoms. The van der Waals surface area contributed by atoms with Crippen molar-refractivity contribution in [1.82, 2.24) is 4.98 Å². The van der Waals surface area contributed by atoms with Crippen molar-refractivity contribution in [2.24, 2.45) is 5.73 Å². The Hall–Kier alpha value is -1.77. The van der Waals surface area contributed by atoms with Gasteiger partial charge in [-0.3, -0.25) is 0 Å². The fraction of sp³-hybridized carbons (Fsp3) is 0.125. The van der Waals surface area contributed by atoms with E-state index in [1.165, 1.54) is 27.6 Å². The number of halogens is 1. The number of H-pyrrole nitrogens is 1. The van der Waals surface area contributed by atoms with E-state index in [0.717, 1.165) is 6.42 Å². The number of nitrogens with two attached hydrogens (primary N) is 1. The summed E-state index contributed by atoms with van der Waals surface area (Å²) in [4.78, 5) is 3.33. The quantitative estimate of drug-likeness (QED) is 0.749. The van der Waals surface area contributed by atoms with Gasteiger partial charge in [0.1, 0.15) is 0 Å². The lowest BCUT2D eigenvalue weighted by Crippen LogP contribution is -2.02. The second-order valence-corrected chi connectivity index (χ2v) is 4.45. The van der Waals surface area contributed by atoms with Gasteiger partial charge in [-0.1, -0.05) is 42.5 Å². The molecule has 0 fully saturated rings. The van der Waals surface area contributed by atoms with Crippen LogP contribution >= 0.6 is 12.4 Å². The first kappa shape index (κ1) is 13.7. The predicted octanol–water partition coefficient (Wildman–Crippen LogP) is 3.76. The van der Waals surface area contributed by atoms with Crippen LogP contribution in [-0.2, 0) is 6.42 Å². The Bertz CT molecular complexity index is 659. The van der Waals surface area contributed by atoms with Crippen molar-refractivity contribution < 1.29 is 0 Å². The molecule has 0 atom stereocenters. The maximum Gasteiger partial charge on any atom is 0.0463 e. The Morgan fingerprint density at radius 3 is 2.47 bits per heavy atom. The number of hydrogen-bond acceptors (Lipinski definition) is 1. The SMILES string of the molecule is Cl.NCCc1c[nH]c2cccc(-c3ccccc3)c12. The molecule has 0 bridgehead atoms. The van der Waals surface area contributed by atoms with Crippen molar-refractivity contribution in [2.75, 3.05) is 6.54 Å². The third-order valence-corrected chi connectivity index (χ3v) is 3.29. The van der Waals surface area contributed by atoms with Crippen LogP contribution in [0.3, 0.4) is 0 Å². The van der Waals surface area contributed by atoms with E-state index in [2.05, 4.69) is 53.6 Å². The van der Waals surface area contributed by atoms with E-state index in [4.69, 9.17) is 5.73 Å². The zero-order valence-electron chi connectivity index (χ0n) is 10.6. The van der Waals surface area contributed by atoms with Gasteiger partial charge in [-0.05, 0) is 35.7 Å². The molecule has 0 unspecified atom stereocenters. The molecule has 1 aromatic heterocycles. The summed E-state index contributed by atoms with van der Waals surface area (Å²) in [5.74, 6) is 0. The predicted molar refractivity (Wildman–Crippen MR) is 83.7 cm³/mol. The molecule has 0 aliphatic heterocycles. The molecule has 0 amide bonds. The zero-order chi connectivity index (χ0) is 12.4. The molecule has 3 heteroatoms. The van der Waals surface area contributed by atoms with Crippen LogP contribution in [0.25, 0.3) is 22.0 Å². The number of rotatable bonds is 3. The highest BCUT2D eigenvalue weighted by Crippen LogP contribution is 2.30. The summed E-state index contributed by atoms with van der Waals surface area (Å²) in [6.45, 7) is 0.677. The van der Waals surface area contributed by atoms with Crippen molar-refractivity contribution in [1.29, 1.82) is 0 Å². The molecule has 98 valence electrons. The van der Waals surface area contributed by atoms with Gasteiger partial charge in [0.05, 0.1) is 0 Å². The minimum atomic E-state index is 0. The summed E-state index contributed by atoms with van der Waals surface area (Å²) in [6, 6.07) is 16.9. The van der Waals surface area contributed by atoms with Gasteiger partial charge >= 0.3 is 0 Å². The standard InChI is InChI=1S/C16H16N2.ClH/c17-10-9-13-11-18-15-8-4-7-14(16(13)15)12-5-2-1-3-6-12;/h1-8,11,18H,9-10,17H2;1H. The van der Waals surface area contributed by atoms with Gasteiger partial charge in [0.25, 0.3) is 0 Å². The Morgan fingerprint density at radius 2 is 1.74 bits per heavy atom. The Morgan fingerprint density at radius 1 is 0.947 bits per heavy atom. The molecule has 2 nitrogen and oxygen atoms in total. The first-order valence-electron chi connectivity index (χ1n) is 6.24. The fourth-order valence-electron chi connectivity index (χ4n) is 2.47. The van der Waals surface area contributed by atoms with Gasteiger partial charge in [0.2, 0.25) is 0 Å². The van der Waals surface area contributed by atoms with E-state index in [1.54, 1.807) is 0 Å². The number of aromatic nitrogens is 1. The summed E-state index contributed by atoms with van der Waals surface area (Å²) in [6.07, 6.45) is 2.98. The lowest BCUT2D eigenvalue weighted by Gasteiger charge is -2.06. The average molecular weight is 273 g/mol. The largest absolute Gasteiger partial charge is 0.361 e. The van der Waals surface area contributed by atoms with Crippen LogP contribution in [0.4, 0.5) is 0 Å². The maximum absolute atomic E-state index is 5.69. The molecule has 3 N–H and O–H groups in total. The minimum absolute atomic E-state index is 0.